The van der Waals surface area contributed by atoms with Gasteiger partial charge in [-0.15, -0.1) is 0 Å². The minimum absolute atomic E-state index is 0. The van der Waals surface area contributed by atoms with Crippen LogP contribution in [0.25, 0.3) is 5.69 Å². The summed E-state index contributed by atoms with van der Waals surface area (Å²) in [7, 11) is 0. The number of hydrogen-bond acceptors (Lipinski definition) is 4. The molecule has 1 heterocycles. The van der Waals surface area contributed by atoms with Crippen LogP contribution in [-0.2, 0) is 12.8 Å². The Bertz CT molecular complexity index is 779. The highest BCUT2D eigenvalue weighted by Gasteiger charge is 2.27. The van der Waals surface area contributed by atoms with Crippen molar-refractivity contribution in [3.05, 3.63) is 68.0 Å². The second kappa shape index (κ2) is 6.70. The number of nitrogens with zero attached hydrogens (tertiary/aromatic N) is 3. The Balaban J connectivity index is 0.00000192. The van der Waals surface area contributed by atoms with E-state index in [1.54, 1.807) is 10.8 Å². The maximum Gasteiger partial charge on any atom is 0.347 e. The molecule has 0 radical (unpaired) electrons. The van der Waals surface area contributed by atoms with E-state index in [-0.39, 0.29) is 23.8 Å². The first-order valence-corrected chi connectivity index (χ1v) is 7.02. The van der Waals surface area contributed by atoms with Gasteiger partial charge in [-0.1, -0.05) is 0 Å². The molecule has 3 rings (SSSR count). The van der Waals surface area contributed by atoms with Crippen molar-refractivity contribution in [1.82, 2.24) is 0 Å². The van der Waals surface area contributed by atoms with Gasteiger partial charge >= 0.3 is 5.69 Å². The van der Waals surface area contributed by atoms with Crippen LogP contribution in [0.15, 0.2) is 36.7 Å². The van der Waals surface area contributed by atoms with Gasteiger partial charge in [0, 0.05) is 23.8 Å². The smallest absolute Gasteiger partial charge is 0.347 e. The van der Waals surface area contributed by atoms with Gasteiger partial charge in [0.15, 0.2) is 12.4 Å². The molecule has 0 atom stereocenters. The summed E-state index contributed by atoms with van der Waals surface area (Å²) in [5.74, 6) is 0. The van der Waals surface area contributed by atoms with E-state index in [2.05, 4.69) is 0 Å². The molecule has 8 heteroatoms. The first-order chi connectivity index (χ1) is 10.6. The van der Waals surface area contributed by atoms with E-state index in [1.807, 2.05) is 12.3 Å². The third-order valence-electron chi connectivity index (χ3n) is 3.93. The number of nitro groups is 2. The molecule has 1 aliphatic rings. The molecule has 0 saturated carbocycles. The molecule has 7 nitrogen and oxygen atoms in total. The zero-order valence-corrected chi connectivity index (χ0v) is 12.9. The van der Waals surface area contributed by atoms with Crippen molar-refractivity contribution in [2.24, 2.45) is 0 Å². The second-order valence-electron chi connectivity index (χ2n) is 5.30. The first kappa shape index (κ1) is 16.8. The molecular formula is C15H14ClN3O4. The molecule has 120 valence electrons. The summed E-state index contributed by atoms with van der Waals surface area (Å²) in [6.07, 6.45) is 7.92. The number of hydrogen-bond donors (Lipinski definition) is 0. The third kappa shape index (κ3) is 3.29. The minimum Gasteiger partial charge on any atom is -1.00 e. The van der Waals surface area contributed by atoms with Crippen LogP contribution in [0, 0.1) is 20.2 Å². The van der Waals surface area contributed by atoms with Gasteiger partial charge in [-0.2, -0.15) is 4.57 Å². The zero-order chi connectivity index (χ0) is 15.7. The minimum atomic E-state index is -0.631. The molecule has 0 N–H and O–H groups in total. The molecule has 1 aromatic heterocycles. The highest BCUT2D eigenvalue weighted by atomic mass is 35.5. The van der Waals surface area contributed by atoms with Crippen molar-refractivity contribution in [3.8, 4) is 5.69 Å². The standard InChI is InChI=1S/C15H14N3O4.ClH/c19-17(20)13-5-6-14(15(9-13)18(21)22)16-8-7-11-3-1-2-4-12(11)10-16;/h5-10H,1-4H2;1H/q+1;/p-1. The van der Waals surface area contributed by atoms with Crippen molar-refractivity contribution in [1.29, 1.82) is 0 Å². The van der Waals surface area contributed by atoms with Gasteiger partial charge in [-0.05, 0) is 31.2 Å². The summed E-state index contributed by atoms with van der Waals surface area (Å²) in [6.45, 7) is 0. The highest BCUT2D eigenvalue weighted by molar-refractivity contribution is 5.53. The van der Waals surface area contributed by atoms with E-state index in [0.29, 0.717) is 5.69 Å². The van der Waals surface area contributed by atoms with Gasteiger partial charge in [-0.3, -0.25) is 20.2 Å². The maximum absolute atomic E-state index is 11.2. The van der Waals surface area contributed by atoms with Crippen LogP contribution in [0.2, 0.25) is 0 Å². The Morgan fingerprint density at radius 1 is 0.957 bits per heavy atom. The first-order valence-electron chi connectivity index (χ1n) is 7.02. The largest absolute Gasteiger partial charge is 1.00 e. The van der Waals surface area contributed by atoms with Crippen LogP contribution < -0.4 is 17.0 Å². The molecular weight excluding hydrogens is 322 g/mol. The normalized spacial score (nSPS) is 12.9. The second-order valence-corrected chi connectivity index (χ2v) is 5.30. The number of nitro benzene ring substituents is 2. The topological polar surface area (TPSA) is 90.2 Å². The van der Waals surface area contributed by atoms with Crippen LogP contribution in [0.1, 0.15) is 24.0 Å². The summed E-state index contributed by atoms with van der Waals surface area (Å²) in [5, 5.41) is 22.0. The predicted octanol–water partition coefficient (Wildman–Crippen LogP) is -0.337. The van der Waals surface area contributed by atoms with E-state index in [4.69, 9.17) is 0 Å². The Kier molecular flexibility index (Phi) is 4.90. The molecule has 0 fully saturated rings. The van der Waals surface area contributed by atoms with Crippen LogP contribution in [-0.4, -0.2) is 9.85 Å². The fourth-order valence-corrected chi connectivity index (χ4v) is 2.81. The fourth-order valence-electron chi connectivity index (χ4n) is 2.81. The molecule has 1 aliphatic carbocycles. The molecule has 0 saturated heterocycles. The zero-order valence-electron chi connectivity index (χ0n) is 12.1. The van der Waals surface area contributed by atoms with Crippen LogP contribution in [0.3, 0.4) is 0 Å². The quantitative estimate of drug-likeness (QED) is 0.436. The lowest BCUT2D eigenvalue weighted by Gasteiger charge is -2.13. The Hall–Kier alpha value is -2.54. The van der Waals surface area contributed by atoms with Crippen LogP contribution in [0.5, 0.6) is 0 Å². The van der Waals surface area contributed by atoms with Gasteiger partial charge in [0.1, 0.15) is 6.07 Å². The molecule has 0 unspecified atom stereocenters. The highest BCUT2D eigenvalue weighted by Crippen LogP contribution is 2.26. The Morgan fingerprint density at radius 2 is 1.65 bits per heavy atom. The van der Waals surface area contributed by atoms with Crippen molar-refractivity contribution in [2.75, 3.05) is 0 Å². The van der Waals surface area contributed by atoms with Crippen molar-refractivity contribution >= 4 is 11.4 Å². The summed E-state index contributed by atoms with van der Waals surface area (Å²) < 4.78 is 1.67. The van der Waals surface area contributed by atoms with Crippen LogP contribution in [0.4, 0.5) is 11.4 Å². The van der Waals surface area contributed by atoms with E-state index in [9.17, 15) is 20.2 Å². The van der Waals surface area contributed by atoms with E-state index < -0.39 is 9.85 Å². The molecule has 0 amide bonds. The van der Waals surface area contributed by atoms with Crippen molar-refractivity contribution in [2.45, 2.75) is 25.7 Å². The van der Waals surface area contributed by atoms with Crippen LogP contribution >= 0.6 is 0 Å². The molecule has 23 heavy (non-hydrogen) atoms. The number of pyridine rings is 1. The molecule has 0 spiro atoms. The summed E-state index contributed by atoms with van der Waals surface area (Å²) >= 11 is 0. The monoisotopic (exact) mass is 335 g/mol. The number of fused-ring (bicyclic) bond motifs is 1. The molecule has 0 bridgehead atoms. The third-order valence-corrected chi connectivity index (χ3v) is 3.93. The van der Waals surface area contributed by atoms with E-state index in [0.717, 1.165) is 31.7 Å². The maximum atomic E-state index is 11.2. The molecule has 0 aliphatic heterocycles. The number of benzene rings is 1. The summed E-state index contributed by atoms with van der Waals surface area (Å²) in [4.78, 5) is 20.8. The van der Waals surface area contributed by atoms with Gasteiger partial charge < -0.3 is 12.4 Å². The van der Waals surface area contributed by atoms with E-state index >= 15 is 0 Å². The number of non-ortho nitro benzene ring substituents is 1. The predicted molar refractivity (Wildman–Crippen MR) is 77.9 cm³/mol. The summed E-state index contributed by atoms with van der Waals surface area (Å²) in [5.41, 5.74) is 2.24. The Labute approximate surface area is 138 Å². The molecule has 2 aromatic rings. The lowest BCUT2D eigenvalue weighted by molar-refractivity contribution is -0.601. The van der Waals surface area contributed by atoms with Gasteiger partial charge in [0.25, 0.3) is 11.4 Å². The lowest BCUT2D eigenvalue weighted by atomic mass is 9.93. The number of aryl methyl sites for hydroxylation is 2. The van der Waals surface area contributed by atoms with Gasteiger partial charge in [0.2, 0.25) is 0 Å². The number of aromatic nitrogens is 1. The SMILES string of the molecule is O=[N+]([O-])c1ccc(-[n+]2ccc3c(c2)CCCC3)c([N+](=O)[O-])c1.[Cl-]. The van der Waals surface area contributed by atoms with E-state index in [1.165, 1.54) is 23.3 Å². The lowest BCUT2D eigenvalue weighted by Crippen LogP contribution is -3.00. The average molecular weight is 336 g/mol. The number of halogens is 1. The average Bonchev–Trinajstić information content (AvgIpc) is 2.53. The van der Waals surface area contributed by atoms with Gasteiger partial charge in [0.05, 0.1) is 9.85 Å². The van der Waals surface area contributed by atoms with Crippen molar-refractivity contribution in [3.63, 3.8) is 0 Å². The fraction of sp³-hybridized carbons (Fsp3) is 0.267. The number of rotatable bonds is 3. The van der Waals surface area contributed by atoms with Crippen molar-refractivity contribution < 1.29 is 26.8 Å². The Morgan fingerprint density at radius 3 is 2.30 bits per heavy atom. The van der Waals surface area contributed by atoms with Gasteiger partial charge in [-0.25, -0.2) is 0 Å². The summed E-state index contributed by atoms with van der Waals surface area (Å²) in [6, 6.07) is 5.68. The molecule has 1 aromatic carbocycles.